The zero-order valence-corrected chi connectivity index (χ0v) is 10.7. The van der Waals surface area contributed by atoms with Crippen LogP contribution in [0.15, 0.2) is 28.7 Å². The minimum absolute atomic E-state index is 0.237. The predicted octanol–water partition coefficient (Wildman–Crippen LogP) is 2.63. The number of para-hydroxylation sites is 1. The van der Waals surface area contributed by atoms with Crippen LogP contribution in [-0.4, -0.2) is 25.5 Å². The molecule has 1 aromatic carbocycles. The average Bonchev–Trinajstić information content (AvgIpc) is 2.80. The SMILES string of the molecule is COCCC(N)C(=O)c1cc2cccc(Cl)c2o1. The molecule has 18 heavy (non-hydrogen) atoms. The number of furan rings is 1. The Hall–Kier alpha value is -1.36. The van der Waals surface area contributed by atoms with E-state index < -0.39 is 6.04 Å². The van der Waals surface area contributed by atoms with Gasteiger partial charge in [0.2, 0.25) is 5.78 Å². The first-order valence-corrected chi connectivity index (χ1v) is 5.98. The number of carbonyl (C=O) groups excluding carboxylic acids is 1. The molecule has 1 heterocycles. The molecule has 2 N–H and O–H groups in total. The van der Waals surface area contributed by atoms with Crippen molar-refractivity contribution in [2.75, 3.05) is 13.7 Å². The molecule has 1 aromatic heterocycles. The van der Waals surface area contributed by atoms with Gasteiger partial charge >= 0.3 is 0 Å². The standard InChI is InChI=1S/C13H14ClNO3/c1-17-6-5-10(15)12(16)11-7-8-3-2-4-9(14)13(8)18-11/h2-4,7,10H,5-6,15H2,1H3. The highest BCUT2D eigenvalue weighted by molar-refractivity contribution is 6.34. The fraction of sp³-hybridized carbons (Fsp3) is 0.308. The Kier molecular flexibility index (Phi) is 4.01. The molecular weight excluding hydrogens is 254 g/mol. The van der Waals surface area contributed by atoms with Crippen LogP contribution in [0.5, 0.6) is 0 Å². The minimum atomic E-state index is -0.621. The van der Waals surface area contributed by atoms with Crippen LogP contribution >= 0.6 is 11.6 Å². The lowest BCUT2D eigenvalue weighted by atomic mass is 10.1. The normalized spacial score (nSPS) is 12.8. The summed E-state index contributed by atoms with van der Waals surface area (Å²) < 4.78 is 10.4. The first kappa shape index (κ1) is 13.1. The van der Waals surface area contributed by atoms with Crippen molar-refractivity contribution in [2.45, 2.75) is 12.5 Å². The second-order valence-corrected chi connectivity index (χ2v) is 4.43. The molecule has 0 aliphatic rings. The molecule has 1 unspecified atom stereocenters. The summed E-state index contributed by atoms with van der Waals surface area (Å²) in [5.74, 6) is 0.000944. The fourth-order valence-electron chi connectivity index (χ4n) is 1.71. The van der Waals surface area contributed by atoms with Crippen LogP contribution in [0.4, 0.5) is 0 Å². The van der Waals surface area contributed by atoms with Gasteiger partial charge in [0.1, 0.15) is 0 Å². The van der Waals surface area contributed by atoms with Gasteiger partial charge in [0, 0.05) is 19.1 Å². The van der Waals surface area contributed by atoms with Crippen molar-refractivity contribution in [2.24, 2.45) is 5.73 Å². The van der Waals surface area contributed by atoms with Gasteiger partial charge in [-0.25, -0.2) is 0 Å². The van der Waals surface area contributed by atoms with Crippen molar-refractivity contribution >= 4 is 28.4 Å². The van der Waals surface area contributed by atoms with Crippen molar-refractivity contribution < 1.29 is 13.9 Å². The number of carbonyl (C=O) groups is 1. The van der Waals surface area contributed by atoms with Crippen LogP contribution < -0.4 is 5.73 Å². The lowest BCUT2D eigenvalue weighted by molar-refractivity contribution is 0.0910. The third-order valence-electron chi connectivity index (χ3n) is 2.71. The number of halogens is 1. The van der Waals surface area contributed by atoms with Gasteiger partial charge < -0.3 is 14.9 Å². The molecule has 0 amide bonds. The van der Waals surface area contributed by atoms with Crippen LogP contribution in [0.3, 0.4) is 0 Å². The number of benzene rings is 1. The fourth-order valence-corrected chi connectivity index (χ4v) is 1.93. The van der Waals surface area contributed by atoms with E-state index in [2.05, 4.69) is 0 Å². The van der Waals surface area contributed by atoms with Crippen molar-refractivity contribution in [1.29, 1.82) is 0 Å². The Morgan fingerprint density at radius 2 is 2.33 bits per heavy atom. The zero-order chi connectivity index (χ0) is 13.1. The van der Waals surface area contributed by atoms with Gasteiger partial charge in [0.05, 0.1) is 11.1 Å². The largest absolute Gasteiger partial charge is 0.451 e. The number of fused-ring (bicyclic) bond motifs is 1. The van der Waals surface area contributed by atoms with Crippen LogP contribution in [0.25, 0.3) is 11.0 Å². The molecule has 0 fully saturated rings. The van der Waals surface area contributed by atoms with Crippen LogP contribution in [0.2, 0.25) is 5.02 Å². The van der Waals surface area contributed by atoms with Gasteiger partial charge in [0.25, 0.3) is 0 Å². The molecule has 96 valence electrons. The Balaban J connectivity index is 2.25. The highest BCUT2D eigenvalue weighted by Crippen LogP contribution is 2.27. The van der Waals surface area contributed by atoms with E-state index in [-0.39, 0.29) is 11.5 Å². The summed E-state index contributed by atoms with van der Waals surface area (Å²) in [5.41, 5.74) is 6.29. The highest BCUT2D eigenvalue weighted by Gasteiger charge is 2.20. The second-order valence-electron chi connectivity index (χ2n) is 4.02. The molecule has 0 aliphatic carbocycles. The minimum Gasteiger partial charge on any atom is -0.451 e. The Morgan fingerprint density at radius 1 is 1.56 bits per heavy atom. The average molecular weight is 268 g/mol. The van der Waals surface area contributed by atoms with Gasteiger partial charge in [-0.15, -0.1) is 0 Å². The number of hydrogen-bond acceptors (Lipinski definition) is 4. The molecule has 4 nitrogen and oxygen atoms in total. The van der Waals surface area contributed by atoms with E-state index in [0.717, 1.165) is 5.39 Å². The predicted molar refractivity (Wildman–Crippen MR) is 70.0 cm³/mol. The summed E-state index contributed by atoms with van der Waals surface area (Å²) >= 11 is 5.98. The zero-order valence-electron chi connectivity index (χ0n) is 9.98. The summed E-state index contributed by atoms with van der Waals surface area (Å²) in [6.45, 7) is 0.438. The highest BCUT2D eigenvalue weighted by atomic mass is 35.5. The maximum Gasteiger partial charge on any atom is 0.214 e. The van der Waals surface area contributed by atoms with Gasteiger partial charge in [-0.3, -0.25) is 4.79 Å². The number of ketones is 1. The second kappa shape index (κ2) is 5.52. The Bertz CT molecular complexity index is 564. The third kappa shape index (κ3) is 2.56. The molecule has 2 aromatic rings. The van der Waals surface area contributed by atoms with Gasteiger partial charge in [-0.05, 0) is 18.6 Å². The van der Waals surface area contributed by atoms with Gasteiger partial charge in [-0.2, -0.15) is 0 Å². The first-order valence-electron chi connectivity index (χ1n) is 5.60. The molecular formula is C13H14ClNO3. The van der Waals surface area contributed by atoms with E-state index in [4.69, 9.17) is 26.5 Å². The van der Waals surface area contributed by atoms with Crippen LogP contribution in [0.1, 0.15) is 17.0 Å². The van der Waals surface area contributed by atoms with E-state index >= 15 is 0 Å². The van der Waals surface area contributed by atoms with Crippen molar-refractivity contribution in [3.05, 3.63) is 35.0 Å². The molecule has 1 atom stereocenters. The topological polar surface area (TPSA) is 65.5 Å². The van der Waals surface area contributed by atoms with Gasteiger partial charge in [-0.1, -0.05) is 23.7 Å². The van der Waals surface area contributed by atoms with E-state index in [1.165, 1.54) is 0 Å². The van der Waals surface area contributed by atoms with E-state index in [1.54, 1.807) is 25.3 Å². The van der Waals surface area contributed by atoms with Crippen molar-refractivity contribution in [3.8, 4) is 0 Å². The number of methoxy groups -OCH3 is 1. The third-order valence-corrected chi connectivity index (χ3v) is 3.01. The molecule has 2 rings (SSSR count). The van der Waals surface area contributed by atoms with Gasteiger partial charge in [0.15, 0.2) is 11.3 Å². The van der Waals surface area contributed by atoms with E-state index in [9.17, 15) is 4.79 Å². The molecule has 0 saturated heterocycles. The Labute approximate surface area is 110 Å². The number of ether oxygens (including phenoxy) is 1. The summed E-state index contributed by atoms with van der Waals surface area (Å²) in [4.78, 5) is 12.0. The summed E-state index contributed by atoms with van der Waals surface area (Å²) in [5, 5.41) is 1.28. The van der Waals surface area contributed by atoms with E-state index in [0.29, 0.717) is 23.6 Å². The molecule has 0 bridgehead atoms. The molecule has 5 heteroatoms. The number of nitrogens with two attached hydrogens (primary N) is 1. The monoisotopic (exact) mass is 267 g/mol. The van der Waals surface area contributed by atoms with E-state index in [1.807, 2.05) is 6.07 Å². The molecule has 0 saturated carbocycles. The summed E-state index contributed by atoms with van der Waals surface area (Å²) in [7, 11) is 1.57. The molecule has 0 radical (unpaired) electrons. The first-order chi connectivity index (χ1) is 8.63. The maximum absolute atomic E-state index is 12.0. The number of hydrogen-bond donors (Lipinski definition) is 1. The van der Waals surface area contributed by atoms with Crippen molar-refractivity contribution in [1.82, 2.24) is 0 Å². The van der Waals surface area contributed by atoms with Crippen LogP contribution in [-0.2, 0) is 4.74 Å². The molecule has 0 aliphatic heterocycles. The summed E-state index contributed by atoms with van der Waals surface area (Å²) in [6.07, 6.45) is 0.458. The Morgan fingerprint density at radius 3 is 3.00 bits per heavy atom. The molecule has 0 spiro atoms. The lowest BCUT2D eigenvalue weighted by Gasteiger charge is -2.07. The maximum atomic E-state index is 12.0. The smallest absolute Gasteiger partial charge is 0.214 e. The van der Waals surface area contributed by atoms with Crippen molar-refractivity contribution in [3.63, 3.8) is 0 Å². The summed E-state index contributed by atoms with van der Waals surface area (Å²) in [6, 6.07) is 6.40. The van der Waals surface area contributed by atoms with Crippen LogP contribution in [0, 0.1) is 0 Å². The number of rotatable bonds is 5. The lowest BCUT2D eigenvalue weighted by Crippen LogP contribution is -2.31. The quantitative estimate of drug-likeness (QED) is 0.846. The number of Topliss-reactive ketones (excluding diaryl/α,β-unsaturated/α-hetero) is 1.